The molecule has 1 amide bonds. The Morgan fingerprint density at radius 3 is 2.57 bits per heavy atom. The highest BCUT2D eigenvalue weighted by Gasteiger charge is 2.17. The fourth-order valence-corrected chi connectivity index (χ4v) is 4.90. The normalized spacial score (nSPS) is 11.0. The summed E-state index contributed by atoms with van der Waals surface area (Å²) in [5, 5.41) is 8.82. The summed E-state index contributed by atoms with van der Waals surface area (Å²) >= 11 is 9.40. The van der Waals surface area contributed by atoms with E-state index in [0.29, 0.717) is 21.4 Å². The number of fused-ring (bicyclic) bond motifs is 1. The molecule has 0 aliphatic carbocycles. The van der Waals surface area contributed by atoms with Crippen molar-refractivity contribution in [2.75, 3.05) is 5.32 Å². The Balaban J connectivity index is 1.54. The molecule has 5 rings (SSSR count). The highest BCUT2D eigenvalue weighted by molar-refractivity contribution is 7.16. The van der Waals surface area contributed by atoms with E-state index >= 15 is 0 Å². The van der Waals surface area contributed by atoms with E-state index in [-0.39, 0.29) is 5.91 Å². The Morgan fingerprint density at radius 1 is 0.900 bits per heavy atom. The van der Waals surface area contributed by atoms with Gasteiger partial charge in [0.1, 0.15) is 0 Å². The zero-order valence-electron chi connectivity index (χ0n) is 15.5. The van der Waals surface area contributed by atoms with Gasteiger partial charge in [-0.25, -0.2) is 9.97 Å². The minimum Gasteiger partial charge on any atom is -0.298 e. The van der Waals surface area contributed by atoms with Crippen molar-refractivity contribution in [1.29, 1.82) is 0 Å². The van der Waals surface area contributed by atoms with Gasteiger partial charge in [0.15, 0.2) is 5.13 Å². The lowest BCUT2D eigenvalue weighted by atomic mass is 10.0. The number of thiophene rings is 1. The molecule has 4 nitrogen and oxygen atoms in total. The Kier molecular flexibility index (Phi) is 5.04. The van der Waals surface area contributed by atoms with Crippen LogP contribution in [0.15, 0.2) is 77.5 Å². The van der Waals surface area contributed by atoms with Crippen molar-refractivity contribution in [3.05, 3.63) is 88.1 Å². The molecule has 2 aromatic carbocycles. The van der Waals surface area contributed by atoms with Crippen LogP contribution in [0, 0.1) is 0 Å². The topological polar surface area (TPSA) is 54.9 Å². The number of carbonyl (C=O) groups excluding carboxylic acids is 1. The number of nitrogens with one attached hydrogen (secondary N) is 1. The average Bonchev–Trinajstić information content (AvgIpc) is 3.45. The van der Waals surface area contributed by atoms with Crippen LogP contribution in [0.25, 0.3) is 32.7 Å². The third-order valence-electron chi connectivity index (χ3n) is 4.61. The van der Waals surface area contributed by atoms with Gasteiger partial charge in [-0.05, 0) is 29.6 Å². The van der Waals surface area contributed by atoms with Crippen molar-refractivity contribution in [1.82, 2.24) is 9.97 Å². The maximum atomic E-state index is 13.2. The SMILES string of the molecule is O=C(Nc1nc(-c2cccs2)cs1)c1cc(-c2ccccc2Cl)nc2ccccc12. The van der Waals surface area contributed by atoms with Crippen molar-refractivity contribution < 1.29 is 4.79 Å². The first-order valence-electron chi connectivity index (χ1n) is 9.14. The molecule has 0 radical (unpaired) electrons. The summed E-state index contributed by atoms with van der Waals surface area (Å²) in [7, 11) is 0. The van der Waals surface area contributed by atoms with Crippen molar-refractivity contribution in [2.24, 2.45) is 0 Å². The number of amides is 1. The first kappa shape index (κ1) is 18.9. The van der Waals surface area contributed by atoms with Crippen molar-refractivity contribution in [2.45, 2.75) is 0 Å². The Bertz CT molecular complexity index is 1360. The second kappa shape index (κ2) is 7.99. The predicted molar refractivity (Wildman–Crippen MR) is 126 cm³/mol. The molecule has 0 aliphatic heterocycles. The predicted octanol–water partition coefficient (Wildman–Crippen LogP) is 6.99. The van der Waals surface area contributed by atoms with E-state index in [0.717, 1.165) is 27.0 Å². The van der Waals surface area contributed by atoms with Gasteiger partial charge >= 0.3 is 0 Å². The summed E-state index contributed by atoms with van der Waals surface area (Å²) in [6.45, 7) is 0. The lowest BCUT2D eigenvalue weighted by molar-refractivity contribution is 0.102. The van der Waals surface area contributed by atoms with Crippen LogP contribution in [0.3, 0.4) is 0 Å². The van der Waals surface area contributed by atoms with E-state index in [4.69, 9.17) is 16.6 Å². The lowest BCUT2D eigenvalue weighted by Gasteiger charge is -2.10. The van der Waals surface area contributed by atoms with Crippen molar-refractivity contribution >= 4 is 56.2 Å². The maximum Gasteiger partial charge on any atom is 0.258 e. The number of nitrogens with zero attached hydrogens (tertiary/aromatic N) is 2. The van der Waals surface area contributed by atoms with E-state index in [2.05, 4.69) is 10.3 Å². The molecule has 0 aliphatic rings. The quantitative estimate of drug-likeness (QED) is 0.323. The minimum atomic E-state index is -0.228. The van der Waals surface area contributed by atoms with E-state index in [1.807, 2.05) is 71.4 Å². The van der Waals surface area contributed by atoms with Gasteiger partial charge in [0.25, 0.3) is 5.91 Å². The molecule has 0 spiro atoms. The number of hydrogen-bond acceptors (Lipinski definition) is 5. The average molecular weight is 448 g/mol. The molecular weight excluding hydrogens is 434 g/mol. The van der Waals surface area contributed by atoms with Crippen LogP contribution in [0.2, 0.25) is 5.02 Å². The summed E-state index contributed by atoms with van der Waals surface area (Å²) in [6.07, 6.45) is 0. The zero-order valence-corrected chi connectivity index (χ0v) is 17.9. The molecule has 0 unspecified atom stereocenters. The molecule has 0 saturated heterocycles. The number of carbonyl (C=O) groups is 1. The molecule has 0 atom stereocenters. The molecular formula is C23H14ClN3OS2. The molecule has 0 fully saturated rings. The number of hydrogen-bond donors (Lipinski definition) is 1. The first-order valence-corrected chi connectivity index (χ1v) is 11.3. The maximum absolute atomic E-state index is 13.2. The fourth-order valence-electron chi connectivity index (χ4n) is 3.20. The molecule has 3 heterocycles. The fraction of sp³-hybridized carbons (Fsp3) is 0. The number of halogens is 1. The number of pyridine rings is 1. The summed E-state index contributed by atoms with van der Waals surface area (Å²) in [6, 6.07) is 20.9. The van der Waals surface area contributed by atoms with E-state index in [1.165, 1.54) is 11.3 Å². The number of aromatic nitrogens is 2. The van der Waals surface area contributed by atoms with Gasteiger partial charge < -0.3 is 0 Å². The Morgan fingerprint density at radius 2 is 1.73 bits per heavy atom. The highest BCUT2D eigenvalue weighted by Crippen LogP contribution is 2.31. The second-order valence-corrected chi connectivity index (χ2v) is 8.73. The molecule has 5 aromatic rings. The van der Waals surface area contributed by atoms with Crippen molar-refractivity contribution in [3.8, 4) is 21.8 Å². The van der Waals surface area contributed by atoms with Gasteiger partial charge in [-0.15, -0.1) is 22.7 Å². The summed E-state index contributed by atoms with van der Waals surface area (Å²) in [5.41, 5.74) is 3.57. The second-order valence-electron chi connectivity index (χ2n) is 6.52. The van der Waals surface area contributed by atoms with Gasteiger partial charge in [0, 0.05) is 21.4 Å². The van der Waals surface area contributed by atoms with Gasteiger partial charge in [0.2, 0.25) is 0 Å². The van der Waals surface area contributed by atoms with Crippen LogP contribution in [0.1, 0.15) is 10.4 Å². The summed E-state index contributed by atoms with van der Waals surface area (Å²) in [5.74, 6) is -0.228. The number of para-hydroxylation sites is 1. The molecule has 1 N–H and O–H groups in total. The molecule has 7 heteroatoms. The van der Waals surface area contributed by atoms with Gasteiger partial charge in [-0.2, -0.15) is 0 Å². The smallest absolute Gasteiger partial charge is 0.258 e. The highest BCUT2D eigenvalue weighted by atomic mass is 35.5. The van der Waals surface area contributed by atoms with E-state index in [9.17, 15) is 4.79 Å². The summed E-state index contributed by atoms with van der Waals surface area (Å²) < 4.78 is 0. The van der Waals surface area contributed by atoms with Crippen molar-refractivity contribution in [3.63, 3.8) is 0 Å². The Labute approximate surface area is 185 Å². The van der Waals surface area contributed by atoms with Crippen LogP contribution < -0.4 is 5.32 Å². The van der Waals surface area contributed by atoms with Gasteiger partial charge in [-0.3, -0.25) is 10.1 Å². The van der Waals surface area contributed by atoms with E-state index < -0.39 is 0 Å². The van der Waals surface area contributed by atoms with Crippen LogP contribution in [-0.2, 0) is 0 Å². The first-order chi connectivity index (χ1) is 14.7. The standard InChI is InChI=1S/C23H14ClN3OS2/c24-17-8-3-1-7-15(17)19-12-16(14-6-2-4-9-18(14)25-19)22(28)27-23-26-20(13-30-23)21-10-5-11-29-21/h1-13H,(H,26,27,28). The zero-order chi connectivity index (χ0) is 20.5. The Hall–Kier alpha value is -3.06. The third kappa shape index (κ3) is 3.61. The van der Waals surface area contributed by atoms with Crippen LogP contribution in [0.4, 0.5) is 5.13 Å². The van der Waals surface area contributed by atoms with Crippen LogP contribution in [-0.4, -0.2) is 15.9 Å². The molecule has 30 heavy (non-hydrogen) atoms. The lowest BCUT2D eigenvalue weighted by Crippen LogP contribution is -2.13. The van der Waals surface area contributed by atoms with Gasteiger partial charge in [0.05, 0.1) is 27.3 Å². The van der Waals surface area contributed by atoms with Crippen LogP contribution in [0.5, 0.6) is 0 Å². The monoisotopic (exact) mass is 447 g/mol. The third-order valence-corrected chi connectivity index (χ3v) is 6.59. The molecule has 3 aromatic heterocycles. The van der Waals surface area contributed by atoms with Gasteiger partial charge in [-0.1, -0.05) is 54.1 Å². The van der Waals surface area contributed by atoms with Crippen LogP contribution >= 0.6 is 34.3 Å². The summed E-state index contributed by atoms with van der Waals surface area (Å²) in [4.78, 5) is 23.5. The molecule has 0 saturated carbocycles. The van der Waals surface area contributed by atoms with E-state index in [1.54, 1.807) is 17.4 Å². The number of benzene rings is 2. The molecule has 0 bridgehead atoms. The minimum absolute atomic E-state index is 0.228. The number of rotatable bonds is 4. The number of anilines is 1. The largest absolute Gasteiger partial charge is 0.298 e. The molecule has 146 valence electrons. The number of thiazole rings is 1.